The third-order valence-corrected chi connectivity index (χ3v) is 6.68. The summed E-state index contributed by atoms with van der Waals surface area (Å²) in [5, 5.41) is 0. The number of aromatic amines is 1. The smallest absolute Gasteiger partial charge is 0.330 e. The number of nitrogens with zero attached hydrogens (tertiary/aromatic N) is 3. The number of para-hydroxylation sites is 1. The Hall–Kier alpha value is -4.07. The number of ketones is 1. The van der Waals surface area contributed by atoms with Crippen LogP contribution in [-0.2, 0) is 16.8 Å². The van der Waals surface area contributed by atoms with Gasteiger partial charge in [-0.25, -0.2) is 4.79 Å². The lowest BCUT2D eigenvalue weighted by Crippen LogP contribution is -2.40. The molecule has 8 heteroatoms. The predicted octanol–water partition coefficient (Wildman–Crippen LogP) is 2.87. The van der Waals surface area contributed by atoms with Crippen molar-refractivity contribution in [3.63, 3.8) is 0 Å². The van der Waals surface area contributed by atoms with E-state index in [1.54, 1.807) is 11.0 Å². The monoisotopic (exact) mass is 473 g/mol. The van der Waals surface area contributed by atoms with Gasteiger partial charge in [0, 0.05) is 36.5 Å². The zero-order valence-corrected chi connectivity index (χ0v) is 20.5. The van der Waals surface area contributed by atoms with E-state index in [9.17, 15) is 14.4 Å². The third-order valence-electron chi connectivity index (χ3n) is 6.68. The number of carbonyl (C=O) groups is 1. The number of allylic oxidation sites excluding steroid dienone is 1. The molecule has 2 aromatic carbocycles. The largest absolute Gasteiger partial charge is 0.383 e. The van der Waals surface area contributed by atoms with E-state index < -0.39 is 11.2 Å². The maximum absolute atomic E-state index is 13.2. The molecule has 3 aromatic rings. The van der Waals surface area contributed by atoms with Gasteiger partial charge < -0.3 is 15.5 Å². The van der Waals surface area contributed by atoms with Crippen molar-refractivity contribution in [2.75, 3.05) is 35.7 Å². The summed E-state index contributed by atoms with van der Waals surface area (Å²) in [6.45, 7) is 6.56. The number of hydrogen-bond acceptors (Lipinski definition) is 6. The molecule has 0 unspecified atom stereocenters. The van der Waals surface area contributed by atoms with Crippen LogP contribution < -0.4 is 26.8 Å². The van der Waals surface area contributed by atoms with Crippen molar-refractivity contribution in [1.29, 1.82) is 0 Å². The first-order valence-electron chi connectivity index (χ1n) is 11.6. The third kappa shape index (κ3) is 4.39. The highest BCUT2D eigenvalue weighted by molar-refractivity contribution is 5.96. The molecule has 1 aliphatic rings. The zero-order valence-electron chi connectivity index (χ0n) is 20.5. The average molecular weight is 474 g/mol. The van der Waals surface area contributed by atoms with Crippen molar-refractivity contribution in [1.82, 2.24) is 9.55 Å². The number of carbonyl (C=O) groups excluding carboxylic acids is 1. The van der Waals surface area contributed by atoms with Gasteiger partial charge in [-0.3, -0.25) is 19.1 Å². The van der Waals surface area contributed by atoms with Crippen LogP contribution in [0, 0.1) is 0 Å². The van der Waals surface area contributed by atoms with E-state index in [4.69, 9.17) is 5.73 Å². The maximum atomic E-state index is 13.2. The fourth-order valence-corrected chi connectivity index (χ4v) is 4.80. The number of nitrogen functional groups attached to an aromatic ring is 1. The molecule has 35 heavy (non-hydrogen) atoms. The van der Waals surface area contributed by atoms with Crippen LogP contribution in [0.3, 0.4) is 0 Å². The Morgan fingerprint density at radius 1 is 1.09 bits per heavy atom. The number of aromatic nitrogens is 2. The van der Waals surface area contributed by atoms with E-state index >= 15 is 0 Å². The second-order valence-electron chi connectivity index (χ2n) is 9.28. The summed E-state index contributed by atoms with van der Waals surface area (Å²) in [5.74, 6) is -0.121. The number of nitrogens with two attached hydrogens (primary N) is 1. The molecule has 0 atom stereocenters. The Morgan fingerprint density at radius 3 is 2.40 bits per heavy atom. The second kappa shape index (κ2) is 9.29. The molecule has 4 rings (SSSR count). The Labute approximate surface area is 204 Å². The molecule has 8 nitrogen and oxygen atoms in total. The number of nitrogens with one attached hydrogen (secondary N) is 1. The first-order chi connectivity index (χ1) is 16.6. The Kier molecular flexibility index (Phi) is 6.39. The van der Waals surface area contributed by atoms with Crippen LogP contribution in [0.15, 0.2) is 76.0 Å². The molecule has 182 valence electrons. The molecule has 0 radical (unpaired) electrons. The van der Waals surface area contributed by atoms with Gasteiger partial charge in [0.25, 0.3) is 5.56 Å². The first-order valence-corrected chi connectivity index (χ1v) is 11.6. The summed E-state index contributed by atoms with van der Waals surface area (Å²) in [6.07, 6.45) is 1.65. The van der Waals surface area contributed by atoms with Gasteiger partial charge in [-0.1, -0.05) is 62.4 Å². The van der Waals surface area contributed by atoms with Gasteiger partial charge in [-0.05, 0) is 24.1 Å². The van der Waals surface area contributed by atoms with Gasteiger partial charge in [0.1, 0.15) is 11.5 Å². The number of fused-ring (bicyclic) bond motifs is 1. The molecular weight excluding hydrogens is 442 g/mol. The van der Waals surface area contributed by atoms with Crippen molar-refractivity contribution < 1.29 is 4.79 Å². The number of hydrogen-bond donors (Lipinski definition) is 2. The summed E-state index contributed by atoms with van der Waals surface area (Å²) in [7, 11) is 1.95. The number of H-pyrrole nitrogens is 1. The lowest BCUT2D eigenvalue weighted by atomic mass is 9.83. The summed E-state index contributed by atoms with van der Waals surface area (Å²) in [5.41, 5.74) is 8.91. The van der Waals surface area contributed by atoms with Gasteiger partial charge in [-0.15, -0.1) is 0 Å². The molecule has 0 bridgehead atoms. The van der Waals surface area contributed by atoms with E-state index in [1.165, 1.54) is 4.57 Å². The van der Waals surface area contributed by atoms with Gasteiger partial charge in [-0.2, -0.15) is 0 Å². The van der Waals surface area contributed by atoms with Gasteiger partial charge in [0.15, 0.2) is 5.78 Å². The van der Waals surface area contributed by atoms with Gasteiger partial charge >= 0.3 is 5.69 Å². The highest BCUT2D eigenvalue weighted by Gasteiger charge is 2.38. The van der Waals surface area contributed by atoms with E-state index in [2.05, 4.69) is 24.9 Å². The second-order valence-corrected chi connectivity index (χ2v) is 9.28. The Balaban J connectivity index is 1.65. The molecule has 3 N–H and O–H groups in total. The van der Waals surface area contributed by atoms with Crippen molar-refractivity contribution in [2.45, 2.75) is 32.7 Å². The standard InChI is InChI=1S/C27H31N5O3/c1-5-31(17-19(33)15-22-27(2,3)20-13-9-10-14-21(20)30(22)4)23-24(28)32(26(35)29-25(23)34)16-18-11-7-6-8-12-18/h6-15H,5,16-17,28H2,1-4H3,(H,29,34,35). The van der Waals surface area contributed by atoms with Crippen molar-refractivity contribution in [3.8, 4) is 0 Å². The lowest BCUT2D eigenvalue weighted by Gasteiger charge is -2.26. The SMILES string of the molecule is CCN(CC(=O)C=C1N(C)c2ccccc2C1(C)C)c1c(N)n(Cc2ccccc2)c(=O)[nH]c1=O. The molecule has 0 spiro atoms. The topological polar surface area (TPSA) is 104 Å². The molecule has 1 aliphatic heterocycles. The Bertz CT molecular complexity index is 1400. The summed E-state index contributed by atoms with van der Waals surface area (Å²) in [4.78, 5) is 44.5. The summed E-state index contributed by atoms with van der Waals surface area (Å²) >= 11 is 0. The van der Waals surface area contributed by atoms with Gasteiger partial charge in [0.2, 0.25) is 0 Å². The van der Waals surface area contributed by atoms with Crippen LogP contribution in [0.4, 0.5) is 17.2 Å². The molecule has 2 heterocycles. The molecule has 1 aromatic heterocycles. The number of benzene rings is 2. The maximum Gasteiger partial charge on any atom is 0.330 e. The summed E-state index contributed by atoms with van der Waals surface area (Å²) in [6, 6.07) is 17.5. The molecule has 0 amide bonds. The van der Waals surface area contributed by atoms with E-state index in [0.29, 0.717) is 6.54 Å². The highest BCUT2D eigenvalue weighted by Crippen LogP contribution is 2.46. The molecule has 0 fully saturated rings. The Morgan fingerprint density at radius 2 is 1.74 bits per heavy atom. The highest BCUT2D eigenvalue weighted by atomic mass is 16.2. The van der Waals surface area contributed by atoms with Crippen molar-refractivity contribution in [2.24, 2.45) is 0 Å². The minimum atomic E-state index is -0.607. The van der Waals surface area contributed by atoms with Crippen LogP contribution in [0.1, 0.15) is 31.9 Å². The van der Waals surface area contributed by atoms with Crippen molar-refractivity contribution >= 4 is 23.0 Å². The fraction of sp³-hybridized carbons (Fsp3) is 0.296. The van der Waals surface area contributed by atoms with Crippen molar-refractivity contribution in [3.05, 3.63) is 98.3 Å². The molecule has 0 aliphatic carbocycles. The predicted molar refractivity (Wildman–Crippen MR) is 140 cm³/mol. The quantitative estimate of drug-likeness (QED) is 0.512. The lowest BCUT2D eigenvalue weighted by molar-refractivity contribution is -0.113. The van der Waals surface area contributed by atoms with Crippen LogP contribution >= 0.6 is 0 Å². The van der Waals surface area contributed by atoms with Crippen LogP contribution in [0.2, 0.25) is 0 Å². The number of anilines is 3. The fourth-order valence-electron chi connectivity index (χ4n) is 4.80. The zero-order chi connectivity index (χ0) is 25.3. The molecule has 0 saturated heterocycles. The van der Waals surface area contributed by atoms with E-state index in [0.717, 1.165) is 22.5 Å². The van der Waals surface area contributed by atoms with Crippen LogP contribution in [0.5, 0.6) is 0 Å². The molecular formula is C27H31N5O3. The first kappa shape index (κ1) is 24.1. The van der Waals surface area contributed by atoms with Gasteiger partial charge in [0.05, 0.1) is 13.1 Å². The van der Waals surface area contributed by atoms with E-state index in [1.807, 2.05) is 67.4 Å². The minimum Gasteiger partial charge on any atom is -0.383 e. The van der Waals surface area contributed by atoms with Crippen LogP contribution in [0.25, 0.3) is 0 Å². The molecule has 0 saturated carbocycles. The minimum absolute atomic E-state index is 0.0376. The normalized spacial score (nSPS) is 15.3. The average Bonchev–Trinajstić information content (AvgIpc) is 3.02. The summed E-state index contributed by atoms with van der Waals surface area (Å²) < 4.78 is 1.32. The van der Waals surface area contributed by atoms with Crippen LogP contribution in [-0.4, -0.2) is 35.5 Å². The number of likely N-dealkylation sites (N-methyl/N-ethyl adjacent to an activating group) is 2. The number of rotatable bonds is 7. The van der Waals surface area contributed by atoms with E-state index in [-0.39, 0.29) is 35.8 Å².